The molecule has 0 spiro atoms. The van der Waals surface area contributed by atoms with Crippen LogP contribution in [0.2, 0.25) is 0 Å². The second-order valence-electron chi connectivity index (χ2n) is 17.0. The van der Waals surface area contributed by atoms with Crippen molar-refractivity contribution in [2.24, 2.45) is 47.3 Å². The van der Waals surface area contributed by atoms with Crippen LogP contribution < -0.4 is 12.4 Å². The van der Waals surface area contributed by atoms with Crippen molar-refractivity contribution in [2.45, 2.75) is 119 Å². The number of benzene rings is 2. The number of rotatable bonds is 14. The average molecular weight is 823 g/mol. The van der Waals surface area contributed by atoms with Gasteiger partial charge in [-0.1, -0.05) is 91.5 Å². The minimum atomic E-state index is -3.18. The van der Waals surface area contributed by atoms with Crippen molar-refractivity contribution >= 4 is 20.0 Å². The molecule has 0 bridgehead atoms. The summed E-state index contributed by atoms with van der Waals surface area (Å²) in [6.07, 6.45) is 12.5. The van der Waals surface area contributed by atoms with E-state index in [1.54, 1.807) is 20.7 Å². The number of hydrogen-bond donors (Lipinski definition) is 2. The number of halogens is 1. The number of phenols is 2. The zero-order chi connectivity index (χ0) is 39.2. The van der Waals surface area contributed by atoms with Gasteiger partial charge in [0, 0.05) is 26.2 Å². The Kier molecular flexibility index (Phi) is 16.9. The summed E-state index contributed by atoms with van der Waals surface area (Å²) in [6, 6.07) is 11.8. The Balaban J connectivity index is 0.000000240. The van der Waals surface area contributed by atoms with Crippen molar-refractivity contribution in [3.8, 4) is 11.5 Å². The van der Waals surface area contributed by atoms with Crippen LogP contribution in [-0.2, 0) is 45.7 Å². The van der Waals surface area contributed by atoms with Gasteiger partial charge in [-0.15, -0.1) is 0 Å². The molecular formula is C44H70ClN2O6S2-. The molecule has 11 heteroatoms. The molecule has 0 saturated heterocycles. The van der Waals surface area contributed by atoms with Crippen LogP contribution in [0.3, 0.4) is 0 Å². The lowest BCUT2D eigenvalue weighted by Crippen LogP contribution is -3.00. The van der Waals surface area contributed by atoms with Crippen molar-refractivity contribution in [3.05, 3.63) is 58.7 Å². The van der Waals surface area contributed by atoms with Gasteiger partial charge in [0.05, 0.1) is 11.5 Å². The molecule has 8 atom stereocenters. The molecule has 55 heavy (non-hydrogen) atoms. The van der Waals surface area contributed by atoms with Crippen molar-refractivity contribution in [1.29, 1.82) is 0 Å². The number of aromatic hydroxyl groups is 2. The van der Waals surface area contributed by atoms with E-state index in [9.17, 15) is 27.0 Å². The summed E-state index contributed by atoms with van der Waals surface area (Å²) in [6.45, 7) is 14.3. The van der Waals surface area contributed by atoms with Crippen LogP contribution in [-0.4, -0.2) is 73.3 Å². The maximum absolute atomic E-state index is 12.8. The van der Waals surface area contributed by atoms with Gasteiger partial charge in [-0.25, -0.2) is 25.4 Å². The minimum absolute atomic E-state index is 0. The highest BCUT2D eigenvalue weighted by Crippen LogP contribution is 2.50. The molecule has 6 rings (SSSR count). The van der Waals surface area contributed by atoms with Crippen LogP contribution in [0.15, 0.2) is 36.4 Å². The highest BCUT2D eigenvalue weighted by atomic mass is 35.5. The Morgan fingerprint density at radius 2 is 0.927 bits per heavy atom. The highest BCUT2D eigenvalue weighted by molar-refractivity contribution is 7.89. The lowest BCUT2D eigenvalue weighted by Gasteiger charge is -2.45. The molecule has 312 valence electrons. The highest BCUT2D eigenvalue weighted by Gasteiger charge is 2.43. The summed E-state index contributed by atoms with van der Waals surface area (Å²) in [5.74, 6) is 5.31. The van der Waals surface area contributed by atoms with Crippen LogP contribution in [0.5, 0.6) is 11.5 Å². The molecule has 0 aromatic heterocycles. The maximum atomic E-state index is 12.8. The molecule has 8 nitrogen and oxygen atoms in total. The van der Waals surface area contributed by atoms with E-state index >= 15 is 0 Å². The molecule has 2 fully saturated rings. The lowest BCUT2D eigenvalue weighted by atomic mass is 9.60. The topological polar surface area (TPSA) is 115 Å². The summed E-state index contributed by atoms with van der Waals surface area (Å²) in [5, 5.41) is 20.6. The Hall–Kier alpha value is -1.85. The fraction of sp³-hybridized carbons (Fsp3) is 0.727. The quantitative estimate of drug-likeness (QED) is 0.262. The van der Waals surface area contributed by atoms with Crippen molar-refractivity contribution in [2.75, 3.05) is 37.7 Å². The van der Waals surface area contributed by atoms with Crippen LogP contribution in [0.1, 0.15) is 115 Å². The van der Waals surface area contributed by atoms with E-state index in [0.29, 0.717) is 73.2 Å². The van der Waals surface area contributed by atoms with E-state index in [4.69, 9.17) is 0 Å². The van der Waals surface area contributed by atoms with Gasteiger partial charge in [-0.2, -0.15) is 0 Å². The van der Waals surface area contributed by atoms with Crippen LogP contribution in [0.4, 0.5) is 0 Å². The van der Waals surface area contributed by atoms with Crippen molar-refractivity contribution in [1.82, 2.24) is 8.61 Å². The second-order valence-corrected chi connectivity index (χ2v) is 21.0. The molecule has 2 N–H and O–H groups in total. The SMILES string of the molecule is CCCC1C[C@@H](CS(=O)(=O)N(CC)CC)C[C@@H]2Cc3c(O)cccc3C[C@@H]12.CCCC1C[C@H](CS(=O)(=O)N(CC)CC)C[C@H]2Cc3c(O)cccc3C[C@H]12.[Cl-]. The number of phenolic OH excluding ortho intramolecular Hbond substituents is 2. The van der Waals surface area contributed by atoms with E-state index in [0.717, 1.165) is 75.3 Å². The smallest absolute Gasteiger partial charge is 0.214 e. The van der Waals surface area contributed by atoms with E-state index in [-0.39, 0.29) is 35.7 Å². The summed E-state index contributed by atoms with van der Waals surface area (Å²) in [4.78, 5) is 0. The molecule has 0 radical (unpaired) electrons. The molecule has 0 heterocycles. The first-order valence-electron chi connectivity index (χ1n) is 21.3. The van der Waals surface area contributed by atoms with Gasteiger partial charge in [-0.3, -0.25) is 0 Å². The predicted molar refractivity (Wildman–Crippen MR) is 221 cm³/mol. The van der Waals surface area contributed by atoms with Gasteiger partial charge in [0.15, 0.2) is 0 Å². The summed E-state index contributed by atoms with van der Waals surface area (Å²) in [5.41, 5.74) is 4.79. The fourth-order valence-corrected chi connectivity index (χ4v) is 15.1. The monoisotopic (exact) mass is 821 g/mol. The Bertz CT molecular complexity index is 1620. The fourth-order valence-electron chi connectivity index (χ4n) is 11.4. The van der Waals surface area contributed by atoms with Crippen LogP contribution in [0, 0.1) is 47.3 Å². The average Bonchev–Trinajstić information content (AvgIpc) is 3.12. The number of nitrogens with zero attached hydrogens (tertiary/aromatic N) is 2. The standard InChI is InChI=1S/2C22H35NO3S.ClH/c2*1-4-8-17-11-16(15-27(25,26)23(5-2)6-3)12-19-14-21-18(13-20(17)19)9-7-10-22(21)24;/h2*7,9-10,16-17,19-20,24H,4-6,8,11-15H2,1-3H3;1H/p-1/t2*16-,17?,19-,20+;/m10./s1. The van der Waals surface area contributed by atoms with Crippen LogP contribution >= 0.6 is 0 Å². The first-order valence-corrected chi connectivity index (χ1v) is 24.5. The van der Waals surface area contributed by atoms with Gasteiger partial charge in [0.25, 0.3) is 0 Å². The van der Waals surface area contributed by atoms with E-state index in [1.165, 1.54) is 24.0 Å². The third-order valence-electron chi connectivity index (χ3n) is 13.7. The van der Waals surface area contributed by atoms with Gasteiger partial charge in [0.1, 0.15) is 11.5 Å². The zero-order valence-corrected chi connectivity index (χ0v) is 36.8. The predicted octanol–water partition coefficient (Wildman–Crippen LogP) is 5.45. The molecule has 2 saturated carbocycles. The minimum Gasteiger partial charge on any atom is -1.00 e. The van der Waals surface area contributed by atoms with E-state index < -0.39 is 20.0 Å². The van der Waals surface area contributed by atoms with E-state index in [2.05, 4.69) is 26.0 Å². The number of fused-ring (bicyclic) bond motifs is 4. The first-order chi connectivity index (χ1) is 25.8. The van der Waals surface area contributed by atoms with Gasteiger partial charge in [-0.05, 0) is 133 Å². The Labute approximate surface area is 340 Å². The normalized spacial score (nSPS) is 27.5. The molecule has 0 amide bonds. The maximum Gasteiger partial charge on any atom is 0.214 e. The summed E-state index contributed by atoms with van der Waals surface area (Å²) >= 11 is 0. The summed E-state index contributed by atoms with van der Waals surface area (Å²) in [7, 11) is -6.37. The third-order valence-corrected chi connectivity index (χ3v) is 18.1. The van der Waals surface area contributed by atoms with Gasteiger partial charge < -0.3 is 22.6 Å². The molecule has 4 aliphatic rings. The first kappa shape index (κ1) is 45.8. The van der Waals surface area contributed by atoms with Crippen LogP contribution in [0.25, 0.3) is 0 Å². The second kappa shape index (κ2) is 20.2. The largest absolute Gasteiger partial charge is 1.00 e. The lowest BCUT2D eigenvalue weighted by molar-refractivity contribution is -0.0000194. The zero-order valence-electron chi connectivity index (χ0n) is 34.4. The molecule has 4 aliphatic carbocycles. The van der Waals surface area contributed by atoms with Crippen molar-refractivity contribution in [3.63, 3.8) is 0 Å². The van der Waals surface area contributed by atoms with Crippen molar-refractivity contribution < 1.29 is 39.5 Å². The summed E-state index contributed by atoms with van der Waals surface area (Å²) < 4.78 is 54.5. The third kappa shape index (κ3) is 10.8. The molecule has 0 aliphatic heterocycles. The number of sulfonamides is 2. The Morgan fingerprint density at radius 3 is 1.25 bits per heavy atom. The van der Waals surface area contributed by atoms with Gasteiger partial charge >= 0.3 is 0 Å². The molecule has 2 aromatic carbocycles. The molecule has 2 aromatic rings. The van der Waals surface area contributed by atoms with E-state index in [1.807, 2.05) is 39.8 Å². The number of hydrogen-bond acceptors (Lipinski definition) is 6. The molecule has 2 unspecified atom stereocenters. The van der Waals surface area contributed by atoms with Gasteiger partial charge in [0.2, 0.25) is 20.0 Å². The molecular weight excluding hydrogens is 752 g/mol. The Morgan fingerprint density at radius 1 is 0.564 bits per heavy atom.